The molecular weight excluding hydrogens is 150 g/mol. The average Bonchev–Trinajstić information content (AvgIpc) is 2.53. The van der Waals surface area contributed by atoms with E-state index in [2.05, 4.69) is 4.90 Å². The first-order valence-corrected chi connectivity index (χ1v) is 5.30. The molecule has 2 atom stereocenters. The minimum atomic E-state index is -0.0249. The van der Waals surface area contributed by atoms with Crippen LogP contribution in [0.3, 0.4) is 0 Å². The third-order valence-corrected chi connectivity index (χ3v) is 3.30. The first-order valence-electron chi connectivity index (χ1n) is 5.30. The highest BCUT2D eigenvalue weighted by Gasteiger charge is 2.30. The number of aliphatic hydroxyl groups is 1. The summed E-state index contributed by atoms with van der Waals surface area (Å²) in [6.45, 7) is 2.45. The van der Waals surface area contributed by atoms with Gasteiger partial charge in [0.2, 0.25) is 0 Å². The van der Waals surface area contributed by atoms with Crippen LogP contribution in [0.4, 0.5) is 0 Å². The van der Waals surface area contributed by atoms with Crippen molar-refractivity contribution < 1.29 is 5.11 Å². The molecule has 1 saturated carbocycles. The van der Waals surface area contributed by atoms with Crippen LogP contribution in [-0.4, -0.2) is 35.2 Å². The molecule has 0 aromatic rings. The second-order valence-corrected chi connectivity index (χ2v) is 4.16. The lowest BCUT2D eigenvalue weighted by Gasteiger charge is -2.33. The van der Waals surface area contributed by atoms with Gasteiger partial charge in [-0.25, -0.2) is 0 Å². The molecule has 1 saturated heterocycles. The monoisotopic (exact) mass is 169 g/mol. The third-order valence-electron chi connectivity index (χ3n) is 3.30. The summed E-state index contributed by atoms with van der Waals surface area (Å²) in [6, 6.07) is 0.505. The Morgan fingerprint density at radius 3 is 2.25 bits per heavy atom. The number of rotatable bonds is 1. The number of hydrogen-bond donors (Lipinski definition) is 1. The molecule has 2 fully saturated rings. The summed E-state index contributed by atoms with van der Waals surface area (Å²) < 4.78 is 0. The maximum Gasteiger partial charge on any atom is 0.0695 e. The predicted molar refractivity (Wildman–Crippen MR) is 49.1 cm³/mol. The van der Waals surface area contributed by atoms with E-state index in [1.54, 1.807) is 0 Å². The Hall–Kier alpha value is -0.0800. The molecule has 1 aliphatic heterocycles. The highest BCUT2D eigenvalue weighted by atomic mass is 16.3. The molecule has 2 heteroatoms. The molecule has 0 radical (unpaired) electrons. The molecule has 0 aromatic carbocycles. The normalized spacial score (nSPS) is 38.8. The summed E-state index contributed by atoms with van der Waals surface area (Å²) >= 11 is 0. The van der Waals surface area contributed by atoms with E-state index in [1.165, 1.54) is 45.2 Å². The Kier molecular flexibility index (Phi) is 2.66. The van der Waals surface area contributed by atoms with E-state index in [-0.39, 0.29) is 6.10 Å². The van der Waals surface area contributed by atoms with Gasteiger partial charge in [0, 0.05) is 6.04 Å². The van der Waals surface area contributed by atoms with Gasteiger partial charge < -0.3 is 5.11 Å². The van der Waals surface area contributed by atoms with Crippen LogP contribution < -0.4 is 0 Å². The van der Waals surface area contributed by atoms with Gasteiger partial charge in [-0.05, 0) is 45.2 Å². The molecular formula is C10H19NO. The van der Waals surface area contributed by atoms with Gasteiger partial charge in [0.15, 0.2) is 0 Å². The molecule has 1 N–H and O–H groups in total. The number of aliphatic hydroxyl groups excluding tert-OH is 1. The maximum absolute atomic E-state index is 9.70. The molecule has 2 nitrogen and oxygen atoms in total. The Balaban J connectivity index is 1.89. The second-order valence-electron chi connectivity index (χ2n) is 4.16. The highest BCUT2D eigenvalue weighted by molar-refractivity contribution is 4.86. The van der Waals surface area contributed by atoms with Gasteiger partial charge in [0.1, 0.15) is 0 Å². The largest absolute Gasteiger partial charge is 0.391 e. The number of nitrogens with zero attached hydrogens (tertiary/aromatic N) is 1. The van der Waals surface area contributed by atoms with Crippen LogP contribution in [-0.2, 0) is 0 Å². The molecule has 0 amide bonds. The molecule has 0 aromatic heterocycles. The van der Waals surface area contributed by atoms with Crippen LogP contribution in [0.1, 0.15) is 38.5 Å². The zero-order valence-electron chi connectivity index (χ0n) is 7.71. The van der Waals surface area contributed by atoms with Crippen LogP contribution in [0, 0.1) is 0 Å². The summed E-state index contributed by atoms with van der Waals surface area (Å²) in [6.07, 6.45) is 7.51. The number of hydrogen-bond acceptors (Lipinski definition) is 2. The Bertz CT molecular complexity index is 143. The van der Waals surface area contributed by atoms with Gasteiger partial charge in [-0.15, -0.1) is 0 Å². The van der Waals surface area contributed by atoms with Crippen LogP contribution in [0.2, 0.25) is 0 Å². The van der Waals surface area contributed by atoms with Crippen LogP contribution in [0.15, 0.2) is 0 Å². The quantitative estimate of drug-likeness (QED) is 0.641. The summed E-state index contributed by atoms with van der Waals surface area (Å²) in [7, 11) is 0. The van der Waals surface area contributed by atoms with E-state index >= 15 is 0 Å². The smallest absolute Gasteiger partial charge is 0.0695 e. The molecule has 2 aliphatic rings. The van der Waals surface area contributed by atoms with E-state index in [9.17, 15) is 5.11 Å². The minimum absolute atomic E-state index is 0.0249. The third kappa shape index (κ3) is 1.64. The van der Waals surface area contributed by atoms with Gasteiger partial charge in [0.25, 0.3) is 0 Å². The zero-order valence-corrected chi connectivity index (χ0v) is 7.71. The van der Waals surface area contributed by atoms with Crippen molar-refractivity contribution in [3.8, 4) is 0 Å². The molecule has 1 aliphatic carbocycles. The van der Waals surface area contributed by atoms with Gasteiger partial charge >= 0.3 is 0 Å². The summed E-state index contributed by atoms with van der Waals surface area (Å²) in [5.41, 5.74) is 0. The SMILES string of the molecule is OC1CCCC1N1CCCCC1. The van der Waals surface area contributed by atoms with Gasteiger partial charge in [0.05, 0.1) is 6.10 Å². The summed E-state index contributed by atoms with van der Waals surface area (Å²) in [5.74, 6) is 0. The van der Waals surface area contributed by atoms with E-state index in [4.69, 9.17) is 0 Å². The van der Waals surface area contributed by atoms with Crippen molar-refractivity contribution in [3.05, 3.63) is 0 Å². The fourth-order valence-electron chi connectivity index (χ4n) is 2.60. The van der Waals surface area contributed by atoms with Crippen molar-refractivity contribution in [2.45, 2.75) is 50.7 Å². The highest BCUT2D eigenvalue weighted by Crippen LogP contribution is 2.26. The minimum Gasteiger partial charge on any atom is -0.391 e. The fraction of sp³-hybridized carbons (Fsp3) is 1.00. The van der Waals surface area contributed by atoms with Crippen molar-refractivity contribution in [2.24, 2.45) is 0 Å². The van der Waals surface area contributed by atoms with Crippen molar-refractivity contribution in [1.82, 2.24) is 4.90 Å². The van der Waals surface area contributed by atoms with E-state index in [0.29, 0.717) is 6.04 Å². The second kappa shape index (κ2) is 3.75. The number of likely N-dealkylation sites (tertiary alicyclic amines) is 1. The fourth-order valence-corrected chi connectivity index (χ4v) is 2.60. The van der Waals surface area contributed by atoms with Gasteiger partial charge in [-0.2, -0.15) is 0 Å². The molecule has 0 bridgehead atoms. The Labute approximate surface area is 74.6 Å². The lowest BCUT2D eigenvalue weighted by molar-refractivity contribution is 0.0591. The summed E-state index contributed by atoms with van der Waals surface area (Å²) in [4.78, 5) is 2.50. The van der Waals surface area contributed by atoms with Crippen LogP contribution in [0.5, 0.6) is 0 Å². The molecule has 0 spiro atoms. The lowest BCUT2D eigenvalue weighted by atomic mass is 10.1. The van der Waals surface area contributed by atoms with E-state index < -0.39 is 0 Å². The Morgan fingerprint density at radius 2 is 1.67 bits per heavy atom. The van der Waals surface area contributed by atoms with Crippen molar-refractivity contribution >= 4 is 0 Å². The van der Waals surface area contributed by atoms with Crippen molar-refractivity contribution in [2.75, 3.05) is 13.1 Å². The summed E-state index contributed by atoms with van der Waals surface area (Å²) in [5, 5.41) is 9.70. The van der Waals surface area contributed by atoms with Gasteiger partial charge in [-0.3, -0.25) is 4.90 Å². The van der Waals surface area contributed by atoms with Crippen LogP contribution in [0.25, 0.3) is 0 Å². The average molecular weight is 169 g/mol. The first kappa shape index (κ1) is 8.52. The molecule has 70 valence electrons. The number of piperidine rings is 1. The van der Waals surface area contributed by atoms with E-state index in [1.807, 2.05) is 0 Å². The van der Waals surface area contributed by atoms with Crippen molar-refractivity contribution in [3.63, 3.8) is 0 Å². The van der Waals surface area contributed by atoms with Gasteiger partial charge in [-0.1, -0.05) is 6.42 Å². The standard InChI is InChI=1S/C10H19NO/c12-10-6-4-5-9(10)11-7-2-1-3-8-11/h9-10,12H,1-8H2. The lowest BCUT2D eigenvalue weighted by Crippen LogP contribution is -2.43. The van der Waals surface area contributed by atoms with Crippen LogP contribution >= 0.6 is 0 Å². The zero-order chi connectivity index (χ0) is 8.39. The predicted octanol–water partition coefficient (Wildman–Crippen LogP) is 1.39. The molecule has 2 rings (SSSR count). The van der Waals surface area contributed by atoms with E-state index in [0.717, 1.165) is 6.42 Å². The Morgan fingerprint density at radius 1 is 0.917 bits per heavy atom. The molecule has 2 unspecified atom stereocenters. The molecule has 1 heterocycles. The topological polar surface area (TPSA) is 23.5 Å². The van der Waals surface area contributed by atoms with Crippen molar-refractivity contribution in [1.29, 1.82) is 0 Å². The maximum atomic E-state index is 9.70. The first-order chi connectivity index (χ1) is 5.88. The molecule has 12 heavy (non-hydrogen) atoms.